The van der Waals surface area contributed by atoms with Crippen LogP contribution in [0.4, 0.5) is 23.2 Å². The molecule has 2 aromatic rings. The second-order valence-electron chi connectivity index (χ2n) is 5.85. The molecule has 1 aromatic carbocycles. The van der Waals surface area contributed by atoms with Crippen LogP contribution in [0.5, 0.6) is 0 Å². The van der Waals surface area contributed by atoms with E-state index in [0.717, 1.165) is 12.1 Å². The van der Waals surface area contributed by atoms with E-state index in [0.29, 0.717) is 15.2 Å². The summed E-state index contributed by atoms with van der Waals surface area (Å²) in [7, 11) is -3.71. The maximum atomic E-state index is 14.5. The number of rotatable bonds is 5. The first-order valence-corrected chi connectivity index (χ1v) is 10.1. The predicted molar refractivity (Wildman–Crippen MR) is 99.3 cm³/mol. The van der Waals surface area contributed by atoms with Crippen LogP contribution in [0.2, 0.25) is 0 Å². The van der Waals surface area contributed by atoms with Crippen molar-refractivity contribution in [2.45, 2.75) is 33.5 Å². The maximum absolute atomic E-state index is 14.5. The first-order chi connectivity index (χ1) is 12.8. The molecule has 0 saturated carbocycles. The Hall–Kier alpha value is -2.21. The number of hydrogen-bond donors (Lipinski definition) is 1. The van der Waals surface area contributed by atoms with Crippen molar-refractivity contribution in [1.82, 2.24) is 9.13 Å². The van der Waals surface area contributed by atoms with E-state index in [2.05, 4.69) is 4.72 Å². The minimum atomic E-state index is -4.82. The molecule has 1 aromatic heterocycles. The first kappa shape index (κ1) is 22.1. The molecule has 12 heteroatoms. The highest BCUT2D eigenvalue weighted by Crippen LogP contribution is 2.29. The number of nitrogens with one attached hydrogen (secondary N) is 1. The standard InChI is InChI=1S/C16H17F4N3O3S2/c1-4-22-13(16(18,19)20)8-14(24)23(15(22)27)12-7-11(9(3)6-10(12)17)21-28(25,26)5-2/h6-8,21H,4-5H2,1-3H3. The highest BCUT2D eigenvalue weighted by Gasteiger charge is 2.35. The van der Waals surface area contributed by atoms with E-state index in [1.807, 2.05) is 0 Å². The van der Waals surface area contributed by atoms with Crippen LogP contribution < -0.4 is 10.3 Å². The zero-order chi connectivity index (χ0) is 21.4. The summed E-state index contributed by atoms with van der Waals surface area (Å²) in [6.45, 7) is 4.02. The van der Waals surface area contributed by atoms with Gasteiger partial charge >= 0.3 is 6.18 Å². The van der Waals surface area contributed by atoms with E-state index in [4.69, 9.17) is 12.2 Å². The fourth-order valence-electron chi connectivity index (χ4n) is 2.52. The smallest absolute Gasteiger partial charge is 0.314 e. The molecule has 6 nitrogen and oxygen atoms in total. The van der Waals surface area contributed by atoms with Crippen molar-refractivity contribution in [3.8, 4) is 5.69 Å². The van der Waals surface area contributed by atoms with E-state index in [1.165, 1.54) is 20.8 Å². The lowest BCUT2D eigenvalue weighted by Gasteiger charge is -2.19. The van der Waals surface area contributed by atoms with Gasteiger partial charge in [-0.05, 0) is 50.7 Å². The Balaban J connectivity index is 2.82. The molecule has 0 saturated heterocycles. The Kier molecular flexibility index (Phi) is 6.04. The summed E-state index contributed by atoms with van der Waals surface area (Å²) in [4.78, 5) is 12.3. The number of alkyl halides is 3. The molecule has 0 amide bonds. The highest BCUT2D eigenvalue weighted by molar-refractivity contribution is 7.92. The number of sulfonamides is 1. The Morgan fingerprint density at radius 1 is 1.18 bits per heavy atom. The van der Waals surface area contributed by atoms with Crippen molar-refractivity contribution in [2.24, 2.45) is 0 Å². The molecule has 1 N–H and O–H groups in total. The fourth-order valence-corrected chi connectivity index (χ4v) is 3.64. The van der Waals surface area contributed by atoms with Crippen LogP contribution in [0.15, 0.2) is 23.0 Å². The molecule has 0 aliphatic carbocycles. The van der Waals surface area contributed by atoms with Gasteiger partial charge in [-0.15, -0.1) is 0 Å². The molecule has 2 rings (SSSR count). The number of aromatic nitrogens is 2. The molecule has 0 fully saturated rings. The molecule has 0 radical (unpaired) electrons. The molecule has 1 heterocycles. The molecule has 0 unspecified atom stereocenters. The molecule has 0 aliphatic rings. The summed E-state index contributed by atoms with van der Waals surface area (Å²) >= 11 is 5.01. The van der Waals surface area contributed by atoms with Crippen LogP contribution in [0, 0.1) is 17.5 Å². The molecular formula is C16H17F4N3O3S2. The van der Waals surface area contributed by atoms with Gasteiger partial charge in [-0.2, -0.15) is 13.2 Å². The number of anilines is 1. The van der Waals surface area contributed by atoms with Gasteiger partial charge in [-0.1, -0.05) is 0 Å². The lowest BCUT2D eigenvalue weighted by molar-refractivity contribution is -0.144. The molecular weight excluding hydrogens is 422 g/mol. The van der Waals surface area contributed by atoms with Gasteiger partial charge in [0.15, 0.2) is 4.77 Å². The summed E-state index contributed by atoms with van der Waals surface area (Å²) in [5, 5.41) is 0. The zero-order valence-corrected chi connectivity index (χ0v) is 16.7. The van der Waals surface area contributed by atoms with E-state index < -0.39 is 43.7 Å². The molecule has 28 heavy (non-hydrogen) atoms. The number of nitrogens with zero attached hydrogens (tertiary/aromatic N) is 2. The molecule has 0 bridgehead atoms. The van der Waals surface area contributed by atoms with Crippen molar-refractivity contribution < 1.29 is 26.0 Å². The molecule has 0 atom stereocenters. The first-order valence-electron chi connectivity index (χ1n) is 8.07. The maximum Gasteiger partial charge on any atom is 0.431 e. The minimum Gasteiger partial charge on any atom is -0.314 e. The second-order valence-corrected chi connectivity index (χ2v) is 8.23. The van der Waals surface area contributed by atoms with E-state index in [9.17, 15) is 30.8 Å². The van der Waals surface area contributed by atoms with Crippen molar-refractivity contribution in [3.05, 3.63) is 50.4 Å². The third-order valence-corrected chi connectivity index (χ3v) is 5.67. The monoisotopic (exact) mass is 439 g/mol. The lowest BCUT2D eigenvalue weighted by Crippen LogP contribution is -2.29. The van der Waals surface area contributed by atoms with Gasteiger partial charge in [0.2, 0.25) is 10.0 Å². The molecule has 0 spiro atoms. The van der Waals surface area contributed by atoms with Crippen LogP contribution in [-0.2, 0) is 22.7 Å². The second kappa shape index (κ2) is 7.66. The Bertz CT molecular complexity index is 1140. The van der Waals surface area contributed by atoms with Gasteiger partial charge in [-0.25, -0.2) is 12.8 Å². The van der Waals surface area contributed by atoms with E-state index in [-0.39, 0.29) is 23.5 Å². The Labute approximate surface area is 163 Å². The fraction of sp³-hybridized carbons (Fsp3) is 0.375. The number of aryl methyl sites for hydroxylation is 1. The summed E-state index contributed by atoms with van der Waals surface area (Å²) in [5.41, 5.74) is -2.67. The SMILES string of the molecule is CCn1c(C(F)(F)F)cc(=O)n(-c2cc(NS(=O)(=O)CC)c(C)cc2F)c1=S. The number of hydrogen-bond acceptors (Lipinski definition) is 4. The summed E-state index contributed by atoms with van der Waals surface area (Å²) in [6.07, 6.45) is -4.82. The topological polar surface area (TPSA) is 73.1 Å². The molecule has 0 aliphatic heterocycles. The van der Waals surface area contributed by atoms with E-state index >= 15 is 0 Å². The van der Waals surface area contributed by atoms with Crippen molar-refractivity contribution in [3.63, 3.8) is 0 Å². The minimum absolute atomic E-state index is 0.0116. The number of halogens is 4. The largest absolute Gasteiger partial charge is 0.431 e. The van der Waals surface area contributed by atoms with Crippen LogP contribution in [0.1, 0.15) is 25.1 Å². The van der Waals surface area contributed by atoms with Crippen LogP contribution in [-0.4, -0.2) is 23.3 Å². The van der Waals surface area contributed by atoms with Gasteiger partial charge in [0.1, 0.15) is 11.5 Å². The lowest BCUT2D eigenvalue weighted by atomic mass is 10.1. The highest BCUT2D eigenvalue weighted by atomic mass is 32.2. The normalized spacial score (nSPS) is 12.2. The summed E-state index contributed by atoms with van der Waals surface area (Å²) < 4.78 is 80.7. The van der Waals surface area contributed by atoms with Gasteiger partial charge in [0, 0.05) is 12.6 Å². The van der Waals surface area contributed by atoms with Gasteiger partial charge in [-0.3, -0.25) is 14.1 Å². The van der Waals surface area contributed by atoms with Crippen LogP contribution >= 0.6 is 12.2 Å². The van der Waals surface area contributed by atoms with Crippen LogP contribution in [0.25, 0.3) is 5.69 Å². The summed E-state index contributed by atoms with van der Waals surface area (Å²) in [6, 6.07) is 2.33. The molecule has 154 valence electrons. The van der Waals surface area contributed by atoms with Crippen molar-refractivity contribution >= 4 is 27.9 Å². The van der Waals surface area contributed by atoms with E-state index in [1.54, 1.807) is 0 Å². The van der Waals surface area contributed by atoms with Crippen molar-refractivity contribution in [1.29, 1.82) is 0 Å². The predicted octanol–water partition coefficient (Wildman–Crippen LogP) is 3.62. The van der Waals surface area contributed by atoms with Crippen LogP contribution in [0.3, 0.4) is 0 Å². The third-order valence-electron chi connectivity index (χ3n) is 3.98. The average Bonchev–Trinajstić information content (AvgIpc) is 2.57. The van der Waals surface area contributed by atoms with Gasteiger partial charge in [0.25, 0.3) is 5.56 Å². The summed E-state index contributed by atoms with van der Waals surface area (Å²) in [5.74, 6) is -1.19. The zero-order valence-electron chi connectivity index (χ0n) is 15.1. The Morgan fingerprint density at radius 2 is 1.79 bits per heavy atom. The van der Waals surface area contributed by atoms with Crippen molar-refractivity contribution in [2.75, 3.05) is 10.5 Å². The third kappa shape index (κ3) is 4.27. The number of benzene rings is 1. The van der Waals surface area contributed by atoms with Gasteiger partial charge < -0.3 is 4.57 Å². The average molecular weight is 439 g/mol. The Morgan fingerprint density at radius 3 is 2.29 bits per heavy atom. The quantitative estimate of drug-likeness (QED) is 0.571. The van der Waals surface area contributed by atoms with Gasteiger partial charge in [0.05, 0.1) is 17.1 Å².